The lowest BCUT2D eigenvalue weighted by atomic mass is 9.87. The van der Waals surface area contributed by atoms with Gasteiger partial charge in [-0.05, 0) is 35.0 Å². The zero-order valence-corrected chi connectivity index (χ0v) is 13.9. The summed E-state index contributed by atoms with van der Waals surface area (Å²) in [6, 6.07) is 11.7. The number of aliphatic hydroxyl groups is 1. The van der Waals surface area contributed by atoms with Crippen LogP contribution in [-0.4, -0.2) is 5.11 Å². The van der Waals surface area contributed by atoms with Crippen molar-refractivity contribution in [3.05, 3.63) is 68.7 Å². The van der Waals surface area contributed by atoms with Gasteiger partial charge in [-0.15, -0.1) is 0 Å². The molecule has 2 aromatic rings. The molecule has 0 aromatic heterocycles. The third kappa shape index (κ3) is 3.14. The van der Waals surface area contributed by atoms with E-state index < -0.39 is 5.60 Å². The molecule has 0 amide bonds. The van der Waals surface area contributed by atoms with Crippen LogP contribution in [0.15, 0.2) is 42.5 Å². The van der Waals surface area contributed by atoms with E-state index in [2.05, 4.69) is 26.7 Å². The first-order valence-corrected chi connectivity index (χ1v) is 7.47. The maximum Gasteiger partial charge on any atom is 0.179 e. The maximum atomic E-state index is 11.0. The fourth-order valence-corrected chi connectivity index (χ4v) is 2.88. The molecule has 0 bridgehead atoms. The van der Waals surface area contributed by atoms with Crippen molar-refractivity contribution >= 4 is 50.7 Å². The highest BCUT2D eigenvalue weighted by Crippen LogP contribution is 2.36. The van der Waals surface area contributed by atoms with Gasteiger partial charge >= 0.3 is 0 Å². The molecule has 102 valence electrons. The lowest BCUT2D eigenvalue weighted by Gasteiger charge is -2.24. The Morgan fingerprint density at radius 2 is 1.70 bits per heavy atom. The molecule has 5 heteroatoms. The molecule has 0 aliphatic rings. The van der Waals surface area contributed by atoms with Gasteiger partial charge in [0.25, 0.3) is 0 Å². The second-order valence-electron chi connectivity index (χ2n) is 4.06. The van der Waals surface area contributed by atoms with Gasteiger partial charge in [0, 0.05) is 42.1 Å². The summed E-state index contributed by atoms with van der Waals surface area (Å²) in [6.45, 7) is 0. The van der Waals surface area contributed by atoms with Crippen molar-refractivity contribution in [3.8, 4) is 10.8 Å². The minimum Gasteiger partial charge on any atom is -0.369 e. The molecule has 0 saturated heterocycles. The third-order valence-corrected chi connectivity index (χ3v) is 3.77. The smallest absolute Gasteiger partial charge is 0.179 e. The Labute approximate surface area is 140 Å². The number of hydrogen-bond acceptors (Lipinski definition) is 1. The van der Waals surface area contributed by atoms with E-state index in [9.17, 15) is 5.11 Å². The predicted octanol–water partition coefficient (Wildman–Crippen LogP) is 5.24. The molecule has 0 spiro atoms. The Kier molecular flexibility index (Phi) is 5.01. The van der Waals surface area contributed by atoms with Crippen molar-refractivity contribution in [1.29, 1.82) is 0 Å². The summed E-state index contributed by atoms with van der Waals surface area (Å²) in [5, 5.41) is 12.3. The van der Waals surface area contributed by atoms with Gasteiger partial charge in [-0.25, -0.2) is 0 Å². The van der Waals surface area contributed by atoms with E-state index in [1.54, 1.807) is 42.5 Å². The van der Waals surface area contributed by atoms with E-state index in [4.69, 9.17) is 34.8 Å². The summed E-state index contributed by atoms with van der Waals surface area (Å²) in [5.41, 5.74) is -0.602. The first-order chi connectivity index (χ1) is 9.47. The molecule has 0 aliphatic carbocycles. The van der Waals surface area contributed by atoms with Gasteiger partial charge in [0.1, 0.15) is 0 Å². The first-order valence-electron chi connectivity index (χ1n) is 5.54. The lowest BCUT2D eigenvalue weighted by Crippen LogP contribution is -2.25. The topological polar surface area (TPSA) is 20.2 Å². The zero-order valence-electron chi connectivity index (χ0n) is 10.0. The first kappa shape index (κ1) is 15.7. The molecule has 1 unspecified atom stereocenters. The highest BCUT2D eigenvalue weighted by atomic mass is 79.9. The minimum absolute atomic E-state index is 0.329. The Morgan fingerprint density at radius 3 is 2.30 bits per heavy atom. The Bertz CT molecular complexity index is 706. The largest absolute Gasteiger partial charge is 0.369 e. The lowest BCUT2D eigenvalue weighted by molar-refractivity contribution is 0.145. The van der Waals surface area contributed by atoms with Crippen LogP contribution in [0.3, 0.4) is 0 Å². The van der Waals surface area contributed by atoms with E-state index in [0.717, 1.165) is 0 Å². The molecule has 0 aliphatic heterocycles. The van der Waals surface area contributed by atoms with Gasteiger partial charge in [-0.3, -0.25) is 0 Å². The fraction of sp³-hybridized carbons (Fsp3) is 0.0667. The van der Waals surface area contributed by atoms with Crippen LogP contribution in [0.2, 0.25) is 15.1 Å². The zero-order chi connectivity index (χ0) is 14.8. The number of benzene rings is 2. The van der Waals surface area contributed by atoms with Gasteiger partial charge < -0.3 is 5.11 Å². The summed E-state index contributed by atoms with van der Waals surface area (Å²) in [7, 11) is 0. The number of halogens is 4. The van der Waals surface area contributed by atoms with E-state index in [1.165, 1.54) is 0 Å². The SMILES string of the molecule is OC(C#CBr)(c1cccc(Cl)c1)c1ccc(Cl)cc1Cl. The van der Waals surface area contributed by atoms with Crippen molar-refractivity contribution in [1.82, 2.24) is 0 Å². The summed E-state index contributed by atoms with van der Waals surface area (Å²) in [4.78, 5) is 2.54. The average molecular weight is 390 g/mol. The van der Waals surface area contributed by atoms with Crippen molar-refractivity contribution in [3.63, 3.8) is 0 Å². The van der Waals surface area contributed by atoms with Gasteiger partial charge in [0.2, 0.25) is 0 Å². The van der Waals surface area contributed by atoms with Crippen LogP contribution in [0.5, 0.6) is 0 Å². The van der Waals surface area contributed by atoms with Crippen LogP contribution in [0, 0.1) is 10.8 Å². The van der Waals surface area contributed by atoms with Gasteiger partial charge in [0.05, 0.1) is 0 Å². The normalized spacial score (nSPS) is 13.2. The quantitative estimate of drug-likeness (QED) is 0.696. The van der Waals surface area contributed by atoms with Crippen LogP contribution >= 0.6 is 50.7 Å². The van der Waals surface area contributed by atoms with Crippen molar-refractivity contribution in [2.75, 3.05) is 0 Å². The van der Waals surface area contributed by atoms with E-state index in [1.807, 2.05) is 0 Å². The molecule has 20 heavy (non-hydrogen) atoms. The fourth-order valence-electron chi connectivity index (χ4n) is 1.86. The summed E-state index contributed by atoms with van der Waals surface area (Å²) in [5.74, 6) is 2.72. The minimum atomic E-state index is -1.57. The van der Waals surface area contributed by atoms with E-state index in [0.29, 0.717) is 26.2 Å². The molecule has 2 aromatic carbocycles. The number of hydrogen-bond donors (Lipinski definition) is 1. The second kappa shape index (κ2) is 6.39. The Balaban J connectivity index is 2.68. The van der Waals surface area contributed by atoms with Crippen LogP contribution in [0.25, 0.3) is 0 Å². The molecule has 1 N–H and O–H groups in total. The molecule has 2 rings (SSSR count). The molecule has 0 heterocycles. The molecule has 1 atom stereocenters. The summed E-state index contributed by atoms with van der Waals surface area (Å²) >= 11 is 21.1. The van der Waals surface area contributed by atoms with Gasteiger partial charge in [-0.1, -0.05) is 53.0 Å². The van der Waals surface area contributed by atoms with Gasteiger partial charge in [0.15, 0.2) is 5.60 Å². The average Bonchev–Trinajstić information content (AvgIpc) is 2.38. The summed E-state index contributed by atoms with van der Waals surface area (Å²) < 4.78 is 0. The second-order valence-corrected chi connectivity index (χ2v) is 5.74. The standard InChI is InChI=1S/C15H8BrCl3O/c16-7-6-15(20,10-2-1-3-11(17)8-10)13-5-4-12(18)9-14(13)19/h1-5,8-9,20H. The molecular weight excluding hydrogens is 382 g/mol. The number of rotatable bonds is 2. The third-order valence-electron chi connectivity index (χ3n) is 2.79. The van der Waals surface area contributed by atoms with Crippen molar-refractivity contribution in [2.45, 2.75) is 5.60 Å². The monoisotopic (exact) mass is 388 g/mol. The summed E-state index contributed by atoms with van der Waals surface area (Å²) in [6.07, 6.45) is 0. The molecular formula is C15H8BrCl3O. The maximum absolute atomic E-state index is 11.0. The van der Waals surface area contributed by atoms with Crippen molar-refractivity contribution < 1.29 is 5.11 Å². The van der Waals surface area contributed by atoms with E-state index >= 15 is 0 Å². The van der Waals surface area contributed by atoms with Gasteiger partial charge in [-0.2, -0.15) is 0 Å². The Hall–Kier alpha value is -0.690. The van der Waals surface area contributed by atoms with Crippen LogP contribution in [-0.2, 0) is 5.60 Å². The Morgan fingerprint density at radius 1 is 1.00 bits per heavy atom. The van der Waals surface area contributed by atoms with E-state index in [-0.39, 0.29) is 0 Å². The molecule has 0 saturated carbocycles. The molecule has 0 radical (unpaired) electrons. The van der Waals surface area contributed by atoms with Crippen LogP contribution in [0.1, 0.15) is 11.1 Å². The highest BCUT2D eigenvalue weighted by Gasteiger charge is 2.32. The van der Waals surface area contributed by atoms with Crippen LogP contribution in [0.4, 0.5) is 0 Å². The van der Waals surface area contributed by atoms with Crippen molar-refractivity contribution in [2.24, 2.45) is 0 Å². The predicted molar refractivity (Wildman–Crippen MR) is 87.6 cm³/mol. The molecule has 0 fully saturated rings. The van der Waals surface area contributed by atoms with Crippen LogP contribution < -0.4 is 0 Å². The highest BCUT2D eigenvalue weighted by molar-refractivity contribution is 9.12. The molecule has 1 nitrogen and oxygen atoms in total.